The smallest absolute Gasteiger partial charge is 0.278 e. The summed E-state index contributed by atoms with van der Waals surface area (Å²) in [6.07, 6.45) is 0. The largest absolute Gasteiger partial charge is 0.355 e. The fourth-order valence-electron chi connectivity index (χ4n) is 0.953. The quantitative estimate of drug-likeness (QED) is 0.832. The summed E-state index contributed by atoms with van der Waals surface area (Å²) in [7, 11) is -8.77. The highest BCUT2D eigenvalue weighted by atomic mass is 79.9. The van der Waals surface area contributed by atoms with Crippen molar-refractivity contribution >= 4 is 41.7 Å². The molecule has 1 rings (SSSR count). The van der Waals surface area contributed by atoms with Crippen molar-refractivity contribution in [1.82, 2.24) is 0 Å². The maximum Gasteiger partial charge on any atom is 0.355 e. The number of halogens is 3. The van der Waals surface area contributed by atoms with Crippen LogP contribution in [-0.4, -0.2) is 22.6 Å². The molecule has 102 valence electrons. The van der Waals surface area contributed by atoms with E-state index < -0.39 is 25.8 Å². The molecule has 0 aromatic heterocycles. The van der Waals surface area contributed by atoms with Gasteiger partial charge in [-0.2, -0.15) is 8.78 Å². The molecule has 6 nitrogen and oxygen atoms in total. The highest BCUT2D eigenvalue weighted by Gasteiger charge is 2.24. The van der Waals surface area contributed by atoms with Gasteiger partial charge in [-0.1, -0.05) is 0 Å². The van der Waals surface area contributed by atoms with Gasteiger partial charge in [0.1, 0.15) is 0 Å². The minimum atomic E-state index is -4.82. The topological polar surface area (TPSA) is 106 Å². The van der Waals surface area contributed by atoms with Crippen molar-refractivity contribution in [3.63, 3.8) is 0 Å². The maximum absolute atomic E-state index is 12.1. The van der Waals surface area contributed by atoms with Crippen LogP contribution in [0.5, 0.6) is 0 Å². The van der Waals surface area contributed by atoms with Gasteiger partial charge in [0.05, 0.1) is 10.6 Å². The standard InChI is InChI=1S/C7H7BrF2N2O4S2/c8-5-3-4(17(11,13)14)1-2-6(5)12-18(15,16)7(9)10/h1-3,7,12H,(H2,11,13,14). The van der Waals surface area contributed by atoms with Crippen molar-refractivity contribution in [3.8, 4) is 0 Å². The SMILES string of the molecule is NS(=O)(=O)c1ccc(NS(=O)(=O)C(F)F)c(Br)c1. The average Bonchev–Trinajstić information content (AvgIpc) is 2.19. The van der Waals surface area contributed by atoms with Gasteiger partial charge in [-0.05, 0) is 34.1 Å². The lowest BCUT2D eigenvalue weighted by Gasteiger charge is -2.09. The van der Waals surface area contributed by atoms with Crippen molar-refractivity contribution in [2.75, 3.05) is 4.72 Å². The summed E-state index contributed by atoms with van der Waals surface area (Å²) in [5.41, 5.74) is -0.220. The number of hydrogen-bond acceptors (Lipinski definition) is 4. The third-order valence-electron chi connectivity index (χ3n) is 1.76. The molecule has 0 aliphatic carbocycles. The number of rotatable bonds is 4. The summed E-state index contributed by atoms with van der Waals surface area (Å²) in [5, 5.41) is 4.84. The van der Waals surface area contributed by atoms with E-state index in [9.17, 15) is 25.6 Å². The van der Waals surface area contributed by atoms with Crippen molar-refractivity contribution in [1.29, 1.82) is 0 Å². The van der Waals surface area contributed by atoms with E-state index in [0.29, 0.717) is 0 Å². The van der Waals surface area contributed by atoms with E-state index in [0.717, 1.165) is 18.2 Å². The van der Waals surface area contributed by atoms with Crippen LogP contribution >= 0.6 is 15.9 Å². The molecule has 11 heteroatoms. The van der Waals surface area contributed by atoms with E-state index in [1.54, 1.807) is 4.72 Å². The Labute approximate surface area is 110 Å². The molecule has 0 bridgehead atoms. The summed E-state index contributed by atoms with van der Waals surface area (Å²) in [6.45, 7) is 0. The van der Waals surface area contributed by atoms with Crippen LogP contribution in [0.25, 0.3) is 0 Å². The first-order chi connectivity index (χ1) is 8.04. The predicted molar refractivity (Wildman–Crippen MR) is 64.1 cm³/mol. The monoisotopic (exact) mass is 364 g/mol. The zero-order chi connectivity index (χ0) is 14.1. The van der Waals surface area contributed by atoms with Gasteiger partial charge < -0.3 is 0 Å². The molecule has 0 saturated carbocycles. The van der Waals surface area contributed by atoms with Gasteiger partial charge in [0, 0.05) is 4.47 Å². The molecule has 0 aliphatic heterocycles. The second-order valence-electron chi connectivity index (χ2n) is 3.09. The number of alkyl halides is 2. The Morgan fingerprint density at radius 1 is 1.22 bits per heavy atom. The Morgan fingerprint density at radius 2 is 1.78 bits per heavy atom. The molecule has 3 N–H and O–H groups in total. The predicted octanol–water partition coefficient (Wildman–Crippen LogP) is 1.06. The van der Waals surface area contributed by atoms with Crippen molar-refractivity contribution < 1.29 is 25.6 Å². The highest BCUT2D eigenvalue weighted by molar-refractivity contribution is 9.10. The molecule has 0 spiro atoms. The van der Waals surface area contributed by atoms with E-state index in [4.69, 9.17) is 5.14 Å². The average molecular weight is 365 g/mol. The molecule has 0 saturated heterocycles. The highest BCUT2D eigenvalue weighted by Crippen LogP contribution is 2.27. The van der Waals surface area contributed by atoms with E-state index in [-0.39, 0.29) is 15.1 Å². The minimum absolute atomic E-state index is 0.0294. The summed E-state index contributed by atoms with van der Waals surface area (Å²) in [6, 6.07) is 2.99. The van der Waals surface area contributed by atoms with Gasteiger partial charge in [0.25, 0.3) is 10.0 Å². The summed E-state index contributed by atoms with van der Waals surface area (Å²) in [4.78, 5) is -0.283. The molecule has 1 aromatic rings. The Balaban J connectivity index is 3.16. The lowest BCUT2D eigenvalue weighted by Crippen LogP contribution is -2.21. The van der Waals surface area contributed by atoms with E-state index >= 15 is 0 Å². The van der Waals surface area contributed by atoms with Gasteiger partial charge in [0.15, 0.2) is 0 Å². The van der Waals surface area contributed by atoms with Crippen LogP contribution in [-0.2, 0) is 20.0 Å². The van der Waals surface area contributed by atoms with Crippen molar-refractivity contribution in [3.05, 3.63) is 22.7 Å². The maximum atomic E-state index is 12.1. The molecule has 18 heavy (non-hydrogen) atoms. The third-order valence-corrected chi connectivity index (χ3v) is 4.30. The number of nitrogens with one attached hydrogen (secondary N) is 1. The number of benzene rings is 1. The van der Waals surface area contributed by atoms with Crippen LogP contribution < -0.4 is 9.86 Å². The lowest BCUT2D eigenvalue weighted by atomic mass is 10.3. The van der Waals surface area contributed by atoms with Crippen LogP contribution in [0.2, 0.25) is 0 Å². The second-order valence-corrected chi connectivity index (χ2v) is 7.16. The van der Waals surface area contributed by atoms with Gasteiger partial charge in [-0.15, -0.1) is 0 Å². The molecule has 0 amide bonds. The van der Waals surface area contributed by atoms with Crippen LogP contribution in [0.1, 0.15) is 0 Å². The Kier molecular flexibility index (Phi) is 4.30. The number of sulfonamides is 2. The summed E-state index contributed by atoms with van der Waals surface area (Å²) in [5.74, 6) is -3.60. The van der Waals surface area contributed by atoms with E-state index in [2.05, 4.69) is 15.9 Å². The minimum Gasteiger partial charge on any atom is -0.278 e. The van der Waals surface area contributed by atoms with Gasteiger partial charge in [-0.25, -0.2) is 22.0 Å². The van der Waals surface area contributed by atoms with Crippen molar-refractivity contribution in [2.24, 2.45) is 5.14 Å². The van der Waals surface area contributed by atoms with Crippen molar-refractivity contribution in [2.45, 2.75) is 10.7 Å². The molecular formula is C7H7BrF2N2O4S2. The molecular weight excluding hydrogens is 358 g/mol. The van der Waals surface area contributed by atoms with Crippen LogP contribution in [0.4, 0.5) is 14.5 Å². The van der Waals surface area contributed by atoms with Crippen LogP contribution in [0.3, 0.4) is 0 Å². The molecule has 0 unspecified atom stereocenters. The number of hydrogen-bond donors (Lipinski definition) is 2. The zero-order valence-corrected chi connectivity index (χ0v) is 11.7. The molecule has 0 atom stereocenters. The van der Waals surface area contributed by atoms with E-state index in [1.165, 1.54) is 0 Å². The van der Waals surface area contributed by atoms with E-state index in [1.807, 2.05) is 0 Å². The summed E-state index contributed by atoms with van der Waals surface area (Å²) < 4.78 is 69.6. The van der Waals surface area contributed by atoms with Crippen LogP contribution in [0, 0.1) is 0 Å². The van der Waals surface area contributed by atoms with Gasteiger partial charge >= 0.3 is 5.76 Å². The molecule has 0 aliphatic rings. The molecule has 0 fully saturated rings. The Bertz CT molecular complexity index is 660. The van der Waals surface area contributed by atoms with Crippen LogP contribution in [0.15, 0.2) is 27.6 Å². The first-order valence-corrected chi connectivity index (χ1v) is 8.05. The van der Waals surface area contributed by atoms with Gasteiger partial charge in [0.2, 0.25) is 10.0 Å². The summed E-state index contributed by atoms with van der Waals surface area (Å²) >= 11 is 2.85. The molecule has 0 radical (unpaired) electrons. The molecule has 1 aromatic carbocycles. The van der Waals surface area contributed by atoms with Gasteiger partial charge in [-0.3, -0.25) is 4.72 Å². The Morgan fingerprint density at radius 3 is 2.17 bits per heavy atom. The third kappa shape index (κ3) is 3.60. The normalized spacial score (nSPS) is 12.7. The zero-order valence-electron chi connectivity index (χ0n) is 8.47. The lowest BCUT2D eigenvalue weighted by molar-refractivity contribution is 0.236. The first-order valence-electron chi connectivity index (χ1n) is 4.16. The number of nitrogens with two attached hydrogens (primary N) is 1. The second kappa shape index (κ2) is 5.07. The first kappa shape index (κ1) is 15.3. The fraction of sp³-hybridized carbons (Fsp3) is 0.143. The number of anilines is 1. The molecule has 0 heterocycles. The Hall–Kier alpha value is -0.780. The fourth-order valence-corrected chi connectivity index (χ4v) is 2.83. The number of primary sulfonamides is 1.